The van der Waals surface area contributed by atoms with Gasteiger partial charge in [0.25, 0.3) is 0 Å². The zero-order valence-corrected chi connectivity index (χ0v) is 6.15. The molecule has 0 saturated heterocycles. The Hall–Kier alpha value is -0.900. The lowest BCUT2D eigenvalue weighted by Gasteiger charge is -2.20. The fourth-order valence-electron chi connectivity index (χ4n) is 0.593. The van der Waals surface area contributed by atoms with Gasteiger partial charge in [0.15, 0.2) is 0 Å². The van der Waals surface area contributed by atoms with Gasteiger partial charge in [0.05, 0.1) is 12.1 Å². The standard InChI is InChI=1S/C6H11N3O/c1-6(2,3-10)9-5-7-4-8-9/h4-5,10H,3H2,1-2H3. The normalized spacial score (nSPS) is 11.9. The Morgan fingerprint density at radius 2 is 2.30 bits per heavy atom. The van der Waals surface area contributed by atoms with Crippen molar-refractivity contribution in [2.45, 2.75) is 19.4 Å². The van der Waals surface area contributed by atoms with Crippen LogP contribution in [-0.4, -0.2) is 26.5 Å². The third-order valence-corrected chi connectivity index (χ3v) is 1.43. The fourth-order valence-corrected chi connectivity index (χ4v) is 0.593. The molecule has 1 aromatic rings. The van der Waals surface area contributed by atoms with E-state index in [1.165, 1.54) is 6.33 Å². The van der Waals surface area contributed by atoms with Crippen molar-refractivity contribution in [1.82, 2.24) is 14.8 Å². The first-order valence-electron chi connectivity index (χ1n) is 3.13. The van der Waals surface area contributed by atoms with Crippen molar-refractivity contribution in [3.05, 3.63) is 12.7 Å². The monoisotopic (exact) mass is 141 g/mol. The number of hydrogen-bond acceptors (Lipinski definition) is 3. The summed E-state index contributed by atoms with van der Waals surface area (Å²) >= 11 is 0. The van der Waals surface area contributed by atoms with E-state index in [1.807, 2.05) is 13.8 Å². The van der Waals surface area contributed by atoms with Crippen molar-refractivity contribution >= 4 is 0 Å². The first-order valence-corrected chi connectivity index (χ1v) is 3.13. The lowest BCUT2D eigenvalue weighted by molar-refractivity contribution is 0.152. The minimum Gasteiger partial charge on any atom is -0.394 e. The molecule has 0 aliphatic carbocycles. The molecule has 56 valence electrons. The third-order valence-electron chi connectivity index (χ3n) is 1.43. The number of aromatic nitrogens is 3. The molecule has 0 amide bonds. The van der Waals surface area contributed by atoms with E-state index in [2.05, 4.69) is 10.1 Å². The van der Waals surface area contributed by atoms with E-state index in [1.54, 1.807) is 11.0 Å². The maximum absolute atomic E-state index is 8.88. The molecule has 4 nitrogen and oxygen atoms in total. The molecule has 1 aromatic heterocycles. The van der Waals surface area contributed by atoms with Crippen molar-refractivity contribution in [2.75, 3.05) is 6.61 Å². The molecular formula is C6H11N3O. The lowest BCUT2D eigenvalue weighted by atomic mass is 10.1. The minimum atomic E-state index is -0.337. The zero-order valence-electron chi connectivity index (χ0n) is 6.15. The average Bonchev–Trinajstić information content (AvgIpc) is 2.38. The number of aliphatic hydroxyl groups excluding tert-OH is 1. The Morgan fingerprint density at radius 1 is 1.60 bits per heavy atom. The number of nitrogens with zero attached hydrogens (tertiary/aromatic N) is 3. The highest BCUT2D eigenvalue weighted by molar-refractivity contribution is 4.75. The quantitative estimate of drug-likeness (QED) is 0.631. The second kappa shape index (κ2) is 2.38. The number of rotatable bonds is 2. The van der Waals surface area contributed by atoms with Gasteiger partial charge in [-0.3, -0.25) is 0 Å². The van der Waals surface area contributed by atoms with Crippen molar-refractivity contribution in [1.29, 1.82) is 0 Å². The van der Waals surface area contributed by atoms with Crippen LogP contribution >= 0.6 is 0 Å². The smallest absolute Gasteiger partial charge is 0.137 e. The molecule has 0 aromatic carbocycles. The van der Waals surface area contributed by atoms with Crippen molar-refractivity contribution in [2.24, 2.45) is 0 Å². The molecule has 4 heteroatoms. The minimum absolute atomic E-state index is 0.0658. The summed E-state index contributed by atoms with van der Waals surface area (Å²) in [7, 11) is 0. The number of hydrogen-bond donors (Lipinski definition) is 1. The van der Waals surface area contributed by atoms with Crippen LogP contribution in [0.25, 0.3) is 0 Å². The second-order valence-corrected chi connectivity index (χ2v) is 2.81. The van der Waals surface area contributed by atoms with E-state index >= 15 is 0 Å². The molecule has 0 atom stereocenters. The van der Waals surface area contributed by atoms with E-state index in [0.29, 0.717) is 0 Å². The first-order chi connectivity index (χ1) is 4.67. The molecule has 1 N–H and O–H groups in total. The van der Waals surface area contributed by atoms with Crippen LogP contribution in [0.5, 0.6) is 0 Å². The summed E-state index contributed by atoms with van der Waals surface area (Å²) in [5.41, 5.74) is -0.337. The van der Waals surface area contributed by atoms with Crippen LogP contribution in [0, 0.1) is 0 Å². The van der Waals surface area contributed by atoms with Gasteiger partial charge in [0.2, 0.25) is 0 Å². The molecule has 0 bridgehead atoms. The largest absolute Gasteiger partial charge is 0.394 e. The molecule has 0 spiro atoms. The van der Waals surface area contributed by atoms with Gasteiger partial charge in [-0.2, -0.15) is 5.10 Å². The van der Waals surface area contributed by atoms with Crippen LogP contribution in [0.2, 0.25) is 0 Å². The fraction of sp³-hybridized carbons (Fsp3) is 0.667. The average molecular weight is 141 g/mol. The Kier molecular flexibility index (Phi) is 1.72. The highest BCUT2D eigenvalue weighted by atomic mass is 16.3. The Bertz CT molecular complexity index is 193. The van der Waals surface area contributed by atoms with Gasteiger partial charge in [0.1, 0.15) is 12.7 Å². The van der Waals surface area contributed by atoms with Crippen LogP contribution in [0.4, 0.5) is 0 Å². The van der Waals surface area contributed by atoms with Gasteiger partial charge >= 0.3 is 0 Å². The van der Waals surface area contributed by atoms with E-state index in [9.17, 15) is 0 Å². The molecule has 1 rings (SSSR count). The summed E-state index contributed by atoms with van der Waals surface area (Å²) < 4.78 is 1.63. The number of aliphatic hydroxyl groups is 1. The molecular weight excluding hydrogens is 130 g/mol. The third kappa shape index (κ3) is 1.16. The molecule has 10 heavy (non-hydrogen) atoms. The van der Waals surface area contributed by atoms with Gasteiger partial charge in [-0.05, 0) is 13.8 Å². The van der Waals surface area contributed by atoms with Gasteiger partial charge < -0.3 is 5.11 Å². The molecule has 0 saturated carbocycles. The highest BCUT2D eigenvalue weighted by Gasteiger charge is 2.18. The van der Waals surface area contributed by atoms with Gasteiger partial charge in [-0.15, -0.1) is 0 Å². The summed E-state index contributed by atoms with van der Waals surface area (Å²) in [4.78, 5) is 3.78. The first kappa shape index (κ1) is 7.21. The van der Waals surface area contributed by atoms with E-state index in [4.69, 9.17) is 5.11 Å². The van der Waals surface area contributed by atoms with Crippen LogP contribution < -0.4 is 0 Å². The van der Waals surface area contributed by atoms with Crippen LogP contribution in [0.1, 0.15) is 13.8 Å². The summed E-state index contributed by atoms with van der Waals surface area (Å²) in [6, 6.07) is 0. The topological polar surface area (TPSA) is 50.9 Å². The lowest BCUT2D eigenvalue weighted by Crippen LogP contribution is -2.30. The van der Waals surface area contributed by atoms with Crippen LogP contribution in [0.15, 0.2) is 12.7 Å². The maximum Gasteiger partial charge on any atom is 0.137 e. The summed E-state index contributed by atoms with van der Waals surface area (Å²) in [6.07, 6.45) is 3.05. The van der Waals surface area contributed by atoms with Crippen molar-refractivity contribution < 1.29 is 5.11 Å². The maximum atomic E-state index is 8.88. The highest BCUT2D eigenvalue weighted by Crippen LogP contribution is 2.09. The van der Waals surface area contributed by atoms with Gasteiger partial charge in [0, 0.05) is 0 Å². The molecule has 0 aliphatic rings. The summed E-state index contributed by atoms with van der Waals surface area (Å²) in [6.45, 7) is 3.85. The van der Waals surface area contributed by atoms with E-state index in [-0.39, 0.29) is 12.1 Å². The van der Waals surface area contributed by atoms with E-state index in [0.717, 1.165) is 0 Å². The van der Waals surface area contributed by atoms with Crippen molar-refractivity contribution in [3.8, 4) is 0 Å². The van der Waals surface area contributed by atoms with Crippen molar-refractivity contribution in [3.63, 3.8) is 0 Å². The molecule has 0 aliphatic heterocycles. The Balaban J connectivity index is 2.85. The van der Waals surface area contributed by atoms with E-state index < -0.39 is 0 Å². The summed E-state index contributed by atoms with van der Waals surface area (Å²) in [5.74, 6) is 0. The SMILES string of the molecule is CC(C)(CO)n1cncn1. The zero-order chi connectivity index (χ0) is 7.61. The Morgan fingerprint density at radius 3 is 2.70 bits per heavy atom. The molecule has 0 fully saturated rings. The second-order valence-electron chi connectivity index (χ2n) is 2.81. The molecule has 0 unspecified atom stereocenters. The predicted octanol–water partition coefficient (Wildman–Crippen LogP) is 0.00550. The predicted molar refractivity (Wildman–Crippen MR) is 36.4 cm³/mol. The van der Waals surface area contributed by atoms with Gasteiger partial charge in [-0.25, -0.2) is 9.67 Å². The summed E-state index contributed by atoms with van der Waals surface area (Å²) in [5, 5.41) is 12.8. The Labute approximate surface area is 59.5 Å². The van der Waals surface area contributed by atoms with Gasteiger partial charge in [-0.1, -0.05) is 0 Å². The van der Waals surface area contributed by atoms with Crippen LogP contribution in [-0.2, 0) is 5.54 Å². The van der Waals surface area contributed by atoms with Crippen LogP contribution in [0.3, 0.4) is 0 Å². The molecule has 0 radical (unpaired) electrons. The molecule has 1 heterocycles.